The molecule has 1 aromatic carbocycles. The van der Waals surface area contributed by atoms with Crippen LogP contribution in [0.15, 0.2) is 24.3 Å². The predicted octanol–water partition coefficient (Wildman–Crippen LogP) is 2.25. The van der Waals surface area contributed by atoms with Crippen LogP contribution < -0.4 is 10.5 Å². The van der Waals surface area contributed by atoms with Gasteiger partial charge in [0.25, 0.3) is 0 Å². The fourth-order valence-corrected chi connectivity index (χ4v) is 2.65. The van der Waals surface area contributed by atoms with Crippen LogP contribution in [0.5, 0.6) is 5.75 Å². The summed E-state index contributed by atoms with van der Waals surface area (Å²) in [5.41, 5.74) is 7.37. The van der Waals surface area contributed by atoms with Crippen LogP contribution in [0.2, 0.25) is 0 Å². The summed E-state index contributed by atoms with van der Waals surface area (Å²) < 4.78 is 5.18. The fourth-order valence-electron chi connectivity index (χ4n) is 2.65. The summed E-state index contributed by atoms with van der Waals surface area (Å²) in [6.07, 6.45) is 2.54. The molecule has 3 nitrogen and oxygen atoms in total. The van der Waals surface area contributed by atoms with Gasteiger partial charge in [0.15, 0.2) is 0 Å². The van der Waals surface area contributed by atoms with Crippen molar-refractivity contribution >= 4 is 0 Å². The van der Waals surface area contributed by atoms with Gasteiger partial charge in [-0.1, -0.05) is 12.1 Å². The number of hydrogen-bond acceptors (Lipinski definition) is 3. The molecule has 1 aromatic rings. The lowest BCUT2D eigenvalue weighted by Gasteiger charge is -2.34. The Kier molecular flexibility index (Phi) is 4.61. The Hall–Kier alpha value is -1.06. The van der Waals surface area contributed by atoms with E-state index in [1.54, 1.807) is 7.11 Å². The highest BCUT2D eigenvalue weighted by molar-refractivity contribution is 5.27. The summed E-state index contributed by atoms with van der Waals surface area (Å²) >= 11 is 0. The third-order valence-electron chi connectivity index (χ3n) is 3.85. The average molecular weight is 248 g/mol. The second-order valence-corrected chi connectivity index (χ2v) is 5.34. The summed E-state index contributed by atoms with van der Waals surface area (Å²) in [4.78, 5) is 2.51. The van der Waals surface area contributed by atoms with E-state index in [-0.39, 0.29) is 0 Å². The molecular weight excluding hydrogens is 224 g/mol. The van der Waals surface area contributed by atoms with Crippen LogP contribution in [0.25, 0.3) is 0 Å². The van der Waals surface area contributed by atoms with Gasteiger partial charge in [-0.05, 0) is 49.9 Å². The number of rotatable bonds is 4. The first kappa shape index (κ1) is 13.4. The molecule has 2 N–H and O–H groups in total. The van der Waals surface area contributed by atoms with Gasteiger partial charge in [-0.25, -0.2) is 0 Å². The van der Waals surface area contributed by atoms with Gasteiger partial charge in [-0.15, -0.1) is 0 Å². The summed E-state index contributed by atoms with van der Waals surface area (Å²) in [6.45, 7) is 5.47. The Morgan fingerprint density at radius 1 is 1.39 bits per heavy atom. The molecule has 1 aliphatic rings. The van der Waals surface area contributed by atoms with Crippen LogP contribution in [0, 0.1) is 5.92 Å². The molecule has 0 radical (unpaired) electrons. The molecule has 2 atom stereocenters. The highest BCUT2D eigenvalue weighted by Gasteiger charge is 2.22. The summed E-state index contributed by atoms with van der Waals surface area (Å²) in [7, 11) is 1.70. The fraction of sp³-hybridized carbons (Fsp3) is 0.600. The van der Waals surface area contributed by atoms with Gasteiger partial charge in [0.1, 0.15) is 5.75 Å². The zero-order chi connectivity index (χ0) is 13.0. The number of nitrogens with two attached hydrogens (primary N) is 1. The highest BCUT2D eigenvalue weighted by atomic mass is 16.5. The van der Waals surface area contributed by atoms with Crippen molar-refractivity contribution in [2.24, 2.45) is 11.7 Å². The molecule has 2 rings (SSSR count). The maximum atomic E-state index is 6.02. The predicted molar refractivity (Wildman–Crippen MR) is 74.6 cm³/mol. The number of piperidine rings is 1. The molecular formula is C15H24N2O. The number of likely N-dealkylation sites (tertiary alicyclic amines) is 1. The van der Waals surface area contributed by atoms with Gasteiger partial charge in [-0.2, -0.15) is 0 Å². The zero-order valence-electron chi connectivity index (χ0n) is 11.4. The number of methoxy groups -OCH3 is 1. The van der Waals surface area contributed by atoms with E-state index in [4.69, 9.17) is 10.5 Å². The van der Waals surface area contributed by atoms with Crippen molar-refractivity contribution in [1.29, 1.82) is 0 Å². The quantitative estimate of drug-likeness (QED) is 0.888. The van der Waals surface area contributed by atoms with Crippen LogP contribution >= 0.6 is 0 Å². The van der Waals surface area contributed by atoms with Crippen LogP contribution in [0.3, 0.4) is 0 Å². The normalized spacial score (nSPS) is 22.7. The van der Waals surface area contributed by atoms with Crippen LogP contribution in [-0.4, -0.2) is 31.1 Å². The van der Waals surface area contributed by atoms with E-state index in [0.717, 1.165) is 18.8 Å². The van der Waals surface area contributed by atoms with Gasteiger partial charge < -0.3 is 10.5 Å². The topological polar surface area (TPSA) is 38.5 Å². The van der Waals surface area contributed by atoms with Gasteiger partial charge in [0.05, 0.1) is 7.11 Å². The van der Waals surface area contributed by atoms with E-state index in [1.165, 1.54) is 24.9 Å². The van der Waals surface area contributed by atoms with E-state index in [9.17, 15) is 0 Å². The molecule has 0 amide bonds. The molecule has 18 heavy (non-hydrogen) atoms. The number of ether oxygens (including phenoxy) is 1. The summed E-state index contributed by atoms with van der Waals surface area (Å²) in [5, 5.41) is 0. The Bertz CT molecular complexity index is 361. The van der Waals surface area contributed by atoms with Crippen molar-refractivity contribution in [3.8, 4) is 5.75 Å². The molecule has 3 heteroatoms. The minimum Gasteiger partial charge on any atom is -0.497 e. The second-order valence-electron chi connectivity index (χ2n) is 5.34. The lowest BCUT2D eigenvalue weighted by molar-refractivity contribution is 0.154. The maximum absolute atomic E-state index is 6.02. The molecule has 0 saturated carbocycles. The van der Waals surface area contributed by atoms with Crippen molar-refractivity contribution in [1.82, 2.24) is 4.90 Å². The SMILES string of the molecule is COc1ccc(CN2CCCC(C(C)N)C2)cc1. The average Bonchev–Trinajstić information content (AvgIpc) is 2.40. The molecule has 0 bridgehead atoms. The lowest BCUT2D eigenvalue weighted by atomic mass is 9.92. The standard InChI is InChI=1S/C15H24N2O/c1-12(16)14-4-3-9-17(11-14)10-13-5-7-15(18-2)8-6-13/h5-8,12,14H,3-4,9-11,16H2,1-2H3. The molecule has 1 saturated heterocycles. The van der Waals surface area contributed by atoms with Gasteiger partial charge in [-0.3, -0.25) is 4.90 Å². The third-order valence-corrected chi connectivity index (χ3v) is 3.85. The molecule has 0 aliphatic carbocycles. The summed E-state index contributed by atoms with van der Waals surface area (Å²) in [5.74, 6) is 1.57. The monoisotopic (exact) mass is 248 g/mol. The molecule has 2 unspecified atom stereocenters. The van der Waals surface area contributed by atoms with Crippen molar-refractivity contribution in [3.05, 3.63) is 29.8 Å². The third kappa shape index (κ3) is 3.47. The Labute approximate surface area is 110 Å². The second kappa shape index (κ2) is 6.21. The van der Waals surface area contributed by atoms with Crippen molar-refractivity contribution in [2.45, 2.75) is 32.4 Å². The maximum Gasteiger partial charge on any atom is 0.118 e. The van der Waals surface area contributed by atoms with E-state index in [0.29, 0.717) is 12.0 Å². The van der Waals surface area contributed by atoms with Gasteiger partial charge in [0, 0.05) is 19.1 Å². The molecule has 1 heterocycles. The Morgan fingerprint density at radius 2 is 2.11 bits per heavy atom. The molecule has 0 aromatic heterocycles. The van der Waals surface area contributed by atoms with Crippen molar-refractivity contribution < 1.29 is 4.74 Å². The Morgan fingerprint density at radius 3 is 2.72 bits per heavy atom. The smallest absolute Gasteiger partial charge is 0.118 e. The summed E-state index contributed by atoms with van der Waals surface area (Å²) in [6, 6.07) is 8.66. The van der Waals surface area contributed by atoms with Gasteiger partial charge in [0.2, 0.25) is 0 Å². The molecule has 1 fully saturated rings. The first-order chi connectivity index (χ1) is 8.69. The Balaban J connectivity index is 1.91. The van der Waals surface area contributed by atoms with Crippen LogP contribution in [0.4, 0.5) is 0 Å². The number of hydrogen-bond donors (Lipinski definition) is 1. The molecule has 1 aliphatic heterocycles. The largest absolute Gasteiger partial charge is 0.497 e. The van der Waals surface area contributed by atoms with E-state index < -0.39 is 0 Å². The number of benzene rings is 1. The molecule has 100 valence electrons. The number of nitrogens with zero attached hydrogens (tertiary/aromatic N) is 1. The van der Waals surface area contributed by atoms with Gasteiger partial charge >= 0.3 is 0 Å². The van der Waals surface area contributed by atoms with Crippen LogP contribution in [0.1, 0.15) is 25.3 Å². The highest BCUT2D eigenvalue weighted by Crippen LogP contribution is 2.21. The first-order valence-corrected chi connectivity index (χ1v) is 6.80. The lowest BCUT2D eigenvalue weighted by Crippen LogP contribution is -2.41. The van der Waals surface area contributed by atoms with Crippen LogP contribution in [-0.2, 0) is 6.54 Å². The van der Waals surface area contributed by atoms with E-state index >= 15 is 0 Å². The molecule has 0 spiro atoms. The van der Waals surface area contributed by atoms with Crippen molar-refractivity contribution in [3.63, 3.8) is 0 Å². The zero-order valence-corrected chi connectivity index (χ0v) is 11.4. The van der Waals surface area contributed by atoms with E-state index in [2.05, 4.69) is 24.0 Å². The first-order valence-electron chi connectivity index (χ1n) is 6.80. The van der Waals surface area contributed by atoms with E-state index in [1.807, 2.05) is 12.1 Å². The minimum absolute atomic E-state index is 0.309. The van der Waals surface area contributed by atoms with Crippen molar-refractivity contribution in [2.75, 3.05) is 20.2 Å². The minimum atomic E-state index is 0.309.